The van der Waals surface area contributed by atoms with Crippen LogP contribution in [0.4, 0.5) is 0 Å². The van der Waals surface area contributed by atoms with E-state index >= 15 is 0 Å². The van der Waals surface area contributed by atoms with Gasteiger partial charge in [-0.3, -0.25) is 0 Å². The number of aryl methyl sites for hydroxylation is 2. The molecule has 0 saturated carbocycles. The summed E-state index contributed by atoms with van der Waals surface area (Å²) in [5, 5.41) is 10.7. The quantitative estimate of drug-likeness (QED) is 0.781. The Morgan fingerprint density at radius 3 is 2.40 bits per heavy atom. The van der Waals surface area contributed by atoms with Gasteiger partial charge in [-0.1, -0.05) is 23.8 Å². The summed E-state index contributed by atoms with van der Waals surface area (Å²) in [6.07, 6.45) is 0. The third-order valence-corrected chi connectivity index (χ3v) is 5.78. The van der Waals surface area contributed by atoms with Crippen molar-refractivity contribution in [3.8, 4) is 17.3 Å². The normalized spacial score (nSPS) is 11.6. The van der Waals surface area contributed by atoms with Crippen LogP contribution in [0.1, 0.15) is 18.1 Å². The summed E-state index contributed by atoms with van der Waals surface area (Å²) in [4.78, 5) is 0.201. The number of hydrogen-bond acceptors (Lipinski definition) is 3. The standard InChI is InChI=1S/C19H19N3O2S/c1-4-22-18-10-5-13(2)11-16(18)17(12-20)19(22)14-6-8-15(9-7-14)25(23,24)21-3/h5-11,21H,4H2,1-3H3. The predicted octanol–water partition coefficient (Wildman–Crippen LogP) is 3.42. The molecule has 0 spiro atoms. The molecular weight excluding hydrogens is 334 g/mol. The summed E-state index contributed by atoms with van der Waals surface area (Å²) in [5.41, 5.74) is 4.36. The second-order valence-electron chi connectivity index (χ2n) is 5.83. The summed E-state index contributed by atoms with van der Waals surface area (Å²) < 4.78 is 28.2. The minimum absolute atomic E-state index is 0.201. The monoisotopic (exact) mass is 353 g/mol. The number of sulfonamides is 1. The molecule has 25 heavy (non-hydrogen) atoms. The van der Waals surface area contributed by atoms with Gasteiger partial charge in [0, 0.05) is 17.4 Å². The van der Waals surface area contributed by atoms with Crippen LogP contribution in [0.25, 0.3) is 22.2 Å². The molecule has 0 aliphatic carbocycles. The Balaban J connectivity index is 2.27. The van der Waals surface area contributed by atoms with Gasteiger partial charge in [0.25, 0.3) is 0 Å². The highest BCUT2D eigenvalue weighted by molar-refractivity contribution is 7.89. The Kier molecular flexibility index (Phi) is 4.38. The molecule has 1 aromatic heterocycles. The topological polar surface area (TPSA) is 74.9 Å². The first-order valence-corrected chi connectivity index (χ1v) is 9.48. The third-order valence-electron chi connectivity index (χ3n) is 4.35. The first kappa shape index (κ1) is 17.2. The first-order valence-electron chi connectivity index (χ1n) is 8.00. The van der Waals surface area contributed by atoms with E-state index in [0.29, 0.717) is 12.1 Å². The molecular formula is C19H19N3O2S. The highest BCUT2D eigenvalue weighted by Gasteiger charge is 2.19. The van der Waals surface area contributed by atoms with E-state index in [1.807, 2.05) is 32.0 Å². The number of nitriles is 1. The van der Waals surface area contributed by atoms with Crippen LogP contribution >= 0.6 is 0 Å². The molecule has 2 aromatic carbocycles. The van der Waals surface area contributed by atoms with Crippen molar-refractivity contribution in [2.24, 2.45) is 0 Å². The maximum absolute atomic E-state index is 11.9. The number of rotatable bonds is 4. The number of aromatic nitrogens is 1. The van der Waals surface area contributed by atoms with Crippen molar-refractivity contribution in [3.05, 3.63) is 53.6 Å². The van der Waals surface area contributed by atoms with Crippen molar-refractivity contribution >= 4 is 20.9 Å². The fraction of sp³-hybridized carbons (Fsp3) is 0.211. The molecule has 0 radical (unpaired) electrons. The average Bonchev–Trinajstić information content (AvgIpc) is 2.94. The van der Waals surface area contributed by atoms with Crippen LogP contribution in [0.15, 0.2) is 47.4 Å². The van der Waals surface area contributed by atoms with Gasteiger partial charge in [-0.15, -0.1) is 0 Å². The predicted molar refractivity (Wildman–Crippen MR) is 98.7 cm³/mol. The molecule has 3 rings (SSSR count). The molecule has 0 aliphatic rings. The van der Waals surface area contributed by atoms with Gasteiger partial charge in [0.05, 0.1) is 16.2 Å². The molecule has 3 aromatic rings. The zero-order valence-electron chi connectivity index (χ0n) is 14.4. The summed E-state index contributed by atoms with van der Waals surface area (Å²) in [6, 6.07) is 15.0. The van der Waals surface area contributed by atoms with E-state index in [2.05, 4.69) is 15.4 Å². The van der Waals surface area contributed by atoms with Crippen molar-refractivity contribution in [1.29, 1.82) is 5.26 Å². The Hall–Kier alpha value is -2.62. The highest BCUT2D eigenvalue weighted by Crippen LogP contribution is 2.34. The van der Waals surface area contributed by atoms with Gasteiger partial charge in [-0.2, -0.15) is 5.26 Å². The Morgan fingerprint density at radius 1 is 1.16 bits per heavy atom. The van der Waals surface area contributed by atoms with E-state index in [-0.39, 0.29) is 4.90 Å². The van der Waals surface area contributed by atoms with Crippen molar-refractivity contribution in [3.63, 3.8) is 0 Å². The van der Waals surface area contributed by atoms with E-state index in [4.69, 9.17) is 0 Å². The molecule has 0 atom stereocenters. The van der Waals surface area contributed by atoms with Crippen LogP contribution in [-0.4, -0.2) is 20.0 Å². The highest BCUT2D eigenvalue weighted by atomic mass is 32.2. The smallest absolute Gasteiger partial charge is 0.240 e. The zero-order chi connectivity index (χ0) is 18.2. The van der Waals surface area contributed by atoms with Crippen LogP contribution in [-0.2, 0) is 16.6 Å². The minimum atomic E-state index is -3.48. The molecule has 128 valence electrons. The van der Waals surface area contributed by atoms with Gasteiger partial charge in [-0.05, 0) is 50.7 Å². The Bertz CT molecular complexity index is 1090. The second kappa shape index (κ2) is 6.36. The van der Waals surface area contributed by atoms with Gasteiger partial charge >= 0.3 is 0 Å². The number of fused-ring (bicyclic) bond motifs is 1. The fourth-order valence-electron chi connectivity index (χ4n) is 3.12. The molecule has 0 fully saturated rings. The van der Waals surface area contributed by atoms with Crippen molar-refractivity contribution in [2.45, 2.75) is 25.3 Å². The lowest BCUT2D eigenvalue weighted by atomic mass is 10.1. The van der Waals surface area contributed by atoms with Crippen molar-refractivity contribution in [2.75, 3.05) is 7.05 Å². The van der Waals surface area contributed by atoms with E-state index in [9.17, 15) is 13.7 Å². The molecule has 0 saturated heterocycles. The lowest BCUT2D eigenvalue weighted by Crippen LogP contribution is -2.18. The zero-order valence-corrected chi connectivity index (χ0v) is 15.2. The number of nitrogens with one attached hydrogen (secondary N) is 1. The first-order chi connectivity index (χ1) is 11.9. The van der Waals surface area contributed by atoms with Gasteiger partial charge in [0.1, 0.15) is 6.07 Å². The molecule has 0 aliphatic heterocycles. The van der Waals surface area contributed by atoms with Gasteiger partial charge in [0.15, 0.2) is 0 Å². The van der Waals surface area contributed by atoms with E-state index in [0.717, 1.165) is 27.7 Å². The third kappa shape index (κ3) is 2.82. The van der Waals surface area contributed by atoms with Crippen molar-refractivity contribution < 1.29 is 8.42 Å². The molecule has 0 bridgehead atoms. The van der Waals surface area contributed by atoms with Gasteiger partial charge in [0.2, 0.25) is 10.0 Å². The van der Waals surface area contributed by atoms with E-state index < -0.39 is 10.0 Å². The van der Waals surface area contributed by atoms with E-state index in [1.54, 1.807) is 24.3 Å². The fourth-order valence-corrected chi connectivity index (χ4v) is 3.85. The van der Waals surface area contributed by atoms with Crippen LogP contribution in [0.2, 0.25) is 0 Å². The second-order valence-corrected chi connectivity index (χ2v) is 7.72. The van der Waals surface area contributed by atoms with E-state index in [1.165, 1.54) is 7.05 Å². The molecule has 1 N–H and O–H groups in total. The van der Waals surface area contributed by atoms with Crippen molar-refractivity contribution in [1.82, 2.24) is 9.29 Å². The Labute approximate surface area is 147 Å². The maximum atomic E-state index is 11.9. The summed E-state index contributed by atoms with van der Waals surface area (Å²) in [6.45, 7) is 4.75. The number of nitrogens with zero attached hydrogens (tertiary/aromatic N) is 2. The Morgan fingerprint density at radius 2 is 1.84 bits per heavy atom. The van der Waals surface area contributed by atoms with Crippen LogP contribution in [0.3, 0.4) is 0 Å². The lowest BCUT2D eigenvalue weighted by molar-refractivity contribution is 0.588. The largest absolute Gasteiger partial charge is 0.340 e. The molecule has 6 heteroatoms. The molecule has 1 heterocycles. The van der Waals surface area contributed by atoms with Gasteiger partial charge in [-0.25, -0.2) is 13.1 Å². The summed E-state index contributed by atoms with van der Waals surface area (Å²) in [5.74, 6) is 0. The van der Waals surface area contributed by atoms with Crippen LogP contribution in [0.5, 0.6) is 0 Å². The molecule has 0 unspecified atom stereocenters. The summed E-state index contributed by atoms with van der Waals surface area (Å²) >= 11 is 0. The summed E-state index contributed by atoms with van der Waals surface area (Å²) in [7, 11) is -2.10. The number of benzene rings is 2. The van der Waals surface area contributed by atoms with Gasteiger partial charge < -0.3 is 4.57 Å². The van der Waals surface area contributed by atoms with Crippen LogP contribution in [0, 0.1) is 18.3 Å². The molecule has 5 nitrogen and oxygen atoms in total. The SMILES string of the molecule is CCn1c(-c2ccc(S(=O)(=O)NC)cc2)c(C#N)c2cc(C)ccc21. The molecule has 0 amide bonds. The lowest BCUT2D eigenvalue weighted by Gasteiger charge is -2.10. The number of hydrogen-bond donors (Lipinski definition) is 1. The maximum Gasteiger partial charge on any atom is 0.240 e. The minimum Gasteiger partial charge on any atom is -0.340 e. The van der Waals surface area contributed by atoms with Crippen LogP contribution < -0.4 is 4.72 Å². The average molecular weight is 353 g/mol.